The van der Waals surface area contributed by atoms with Gasteiger partial charge >= 0.3 is 0 Å². The van der Waals surface area contributed by atoms with E-state index in [0.717, 1.165) is 12.0 Å². The van der Waals surface area contributed by atoms with Crippen LogP contribution in [-0.2, 0) is 6.42 Å². The van der Waals surface area contributed by atoms with Crippen LogP contribution in [-0.4, -0.2) is 5.11 Å². The highest BCUT2D eigenvalue weighted by Crippen LogP contribution is 2.28. The van der Waals surface area contributed by atoms with Crippen molar-refractivity contribution in [2.45, 2.75) is 19.4 Å². The first-order chi connectivity index (χ1) is 9.02. The van der Waals surface area contributed by atoms with Crippen molar-refractivity contribution in [1.82, 2.24) is 0 Å². The Kier molecular flexibility index (Phi) is 3.90. The second-order valence-corrected chi connectivity index (χ2v) is 4.28. The van der Waals surface area contributed by atoms with Gasteiger partial charge in [-0.3, -0.25) is 0 Å². The summed E-state index contributed by atoms with van der Waals surface area (Å²) in [6.45, 7) is 1.94. The Hall–Kier alpha value is -1.81. The van der Waals surface area contributed by atoms with Gasteiger partial charge in [0, 0.05) is 12.1 Å². The maximum absolute atomic E-state index is 13.6. The molecule has 0 amide bonds. The third-order valence-electron chi connectivity index (χ3n) is 2.99. The molecule has 0 saturated heterocycles. The number of hydrogen-bond donors (Lipinski definition) is 1. The minimum atomic E-state index is -1.45. The fourth-order valence-electron chi connectivity index (χ4n) is 1.96. The van der Waals surface area contributed by atoms with Crippen LogP contribution in [0.1, 0.15) is 29.7 Å². The first-order valence-corrected chi connectivity index (χ1v) is 5.94. The summed E-state index contributed by atoms with van der Waals surface area (Å²) in [7, 11) is 0. The summed E-state index contributed by atoms with van der Waals surface area (Å²) < 4.78 is 40.0. The molecule has 0 aliphatic rings. The van der Waals surface area contributed by atoms with Crippen LogP contribution in [0.5, 0.6) is 0 Å². The van der Waals surface area contributed by atoms with Gasteiger partial charge in [0.05, 0.1) is 5.56 Å². The Morgan fingerprint density at radius 1 is 1.05 bits per heavy atom. The molecule has 2 aromatic rings. The van der Waals surface area contributed by atoms with E-state index in [1.54, 1.807) is 18.2 Å². The van der Waals surface area contributed by atoms with Gasteiger partial charge in [-0.05, 0) is 17.5 Å². The number of hydrogen-bond acceptors (Lipinski definition) is 1. The van der Waals surface area contributed by atoms with Crippen molar-refractivity contribution < 1.29 is 18.3 Å². The van der Waals surface area contributed by atoms with Gasteiger partial charge in [-0.1, -0.05) is 31.2 Å². The molecule has 0 bridgehead atoms. The lowest BCUT2D eigenvalue weighted by molar-refractivity contribution is 0.208. The first-order valence-electron chi connectivity index (χ1n) is 5.94. The molecule has 0 radical (unpaired) electrons. The van der Waals surface area contributed by atoms with Crippen LogP contribution < -0.4 is 0 Å². The van der Waals surface area contributed by atoms with Gasteiger partial charge < -0.3 is 5.11 Å². The van der Waals surface area contributed by atoms with E-state index in [4.69, 9.17) is 0 Å². The highest BCUT2D eigenvalue weighted by molar-refractivity contribution is 5.34. The molecule has 0 aromatic heterocycles. The van der Waals surface area contributed by atoms with Crippen LogP contribution in [0.25, 0.3) is 0 Å². The van der Waals surface area contributed by atoms with Crippen LogP contribution >= 0.6 is 0 Å². The SMILES string of the molecule is CCc1cccc(C(O)c2c(F)cc(F)cc2F)c1. The van der Waals surface area contributed by atoms with Crippen molar-refractivity contribution in [3.05, 3.63) is 70.5 Å². The van der Waals surface area contributed by atoms with Gasteiger partial charge in [0.2, 0.25) is 0 Å². The summed E-state index contributed by atoms with van der Waals surface area (Å²) in [4.78, 5) is 0. The lowest BCUT2D eigenvalue weighted by atomic mass is 9.98. The zero-order valence-corrected chi connectivity index (χ0v) is 10.3. The summed E-state index contributed by atoms with van der Waals surface area (Å²) in [6.07, 6.45) is -0.707. The molecule has 0 aliphatic heterocycles. The Labute approximate surface area is 109 Å². The molecule has 4 heteroatoms. The van der Waals surface area contributed by atoms with Gasteiger partial charge in [0.15, 0.2) is 0 Å². The maximum atomic E-state index is 13.6. The van der Waals surface area contributed by atoms with E-state index in [1.807, 2.05) is 13.0 Å². The van der Waals surface area contributed by atoms with Crippen LogP contribution in [0.15, 0.2) is 36.4 Å². The minimum Gasteiger partial charge on any atom is -0.383 e. The van der Waals surface area contributed by atoms with Gasteiger partial charge in [0.1, 0.15) is 23.6 Å². The molecule has 100 valence electrons. The molecular formula is C15H13F3O. The van der Waals surface area contributed by atoms with E-state index in [0.29, 0.717) is 17.7 Å². The minimum absolute atomic E-state index is 0.378. The zero-order chi connectivity index (χ0) is 14.0. The second kappa shape index (κ2) is 5.45. The van der Waals surface area contributed by atoms with E-state index < -0.39 is 29.1 Å². The average molecular weight is 266 g/mol. The zero-order valence-electron chi connectivity index (χ0n) is 10.3. The molecule has 2 aromatic carbocycles. The normalized spacial score (nSPS) is 12.5. The number of halogens is 3. The van der Waals surface area contributed by atoms with Crippen molar-refractivity contribution in [3.8, 4) is 0 Å². The Morgan fingerprint density at radius 3 is 2.26 bits per heavy atom. The van der Waals surface area contributed by atoms with Crippen LogP contribution in [0.2, 0.25) is 0 Å². The molecule has 2 rings (SSSR count). The van der Waals surface area contributed by atoms with Crippen LogP contribution in [0, 0.1) is 17.5 Å². The molecule has 19 heavy (non-hydrogen) atoms. The lowest BCUT2D eigenvalue weighted by Gasteiger charge is -2.14. The Bertz CT molecular complexity index is 573. The summed E-state index contributed by atoms with van der Waals surface area (Å²) in [5.74, 6) is -3.19. The number of aliphatic hydroxyl groups excluding tert-OH is 1. The summed E-state index contributed by atoms with van der Waals surface area (Å²) in [5.41, 5.74) is 0.790. The molecule has 1 N–H and O–H groups in total. The molecule has 1 atom stereocenters. The van der Waals surface area contributed by atoms with Crippen LogP contribution in [0.4, 0.5) is 13.2 Å². The summed E-state index contributed by atoms with van der Waals surface area (Å²) in [5, 5.41) is 10.1. The predicted molar refractivity (Wildman–Crippen MR) is 66.2 cm³/mol. The Balaban J connectivity index is 2.46. The third kappa shape index (κ3) is 2.79. The largest absolute Gasteiger partial charge is 0.383 e. The van der Waals surface area contributed by atoms with Crippen molar-refractivity contribution >= 4 is 0 Å². The van der Waals surface area contributed by atoms with Crippen molar-refractivity contribution in [2.75, 3.05) is 0 Å². The number of rotatable bonds is 3. The van der Waals surface area contributed by atoms with E-state index in [9.17, 15) is 18.3 Å². The van der Waals surface area contributed by atoms with Crippen LogP contribution in [0.3, 0.4) is 0 Å². The highest BCUT2D eigenvalue weighted by atomic mass is 19.1. The quantitative estimate of drug-likeness (QED) is 0.897. The molecule has 0 saturated carbocycles. The van der Waals surface area contributed by atoms with E-state index >= 15 is 0 Å². The van der Waals surface area contributed by atoms with Gasteiger partial charge in [-0.2, -0.15) is 0 Å². The van der Waals surface area contributed by atoms with E-state index in [-0.39, 0.29) is 0 Å². The van der Waals surface area contributed by atoms with E-state index in [1.165, 1.54) is 0 Å². The van der Waals surface area contributed by atoms with Crippen molar-refractivity contribution in [2.24, 2.45) is 0 Å². The highest BCUT2D eigenvalue weighted by Gasteiger charge is 2.21. The predicted octanol–water partition coefficient (Wildman–Crippen LogP) is 3.75. The summed E-state index contributed by atoms with van der Waals surface area (Å²) in [6, 6.07) is 7.93. The fraction of sp³-hybridized carbons (Fsp3) is 0.200. The van der Waals surface area contributed by atoms with Crippen molar-refractivity contribution in [3.63, 3.8) is 0 Å². The standard InChI is InChI=1S/C15H13F3O/c1-2-9-4-3-5-10(6-9)15(19)14-12(17)7-11(16)8-13(14)18/h3-8,15,19H,2H2,1H3. The fourth-order valence-corrected chi connectivity index (χ4v) is 1.96. The molecule has 1 nitrogen and oxygen atoms in total. The first kappa shape index (κ1) is 13.6. The average Bonchev–Trinajstić information content (AvgIpc) is 2.37. The number of benzene rings is 2. The topological polar surface area (TPSA) is 20.2 Å². The molecule has 0 heterocycles. The maximum Gasteiger partial charge on any atom is 0.135 e. The van der Waals surface area contributed by atoms with E-state index in [2.05, 4.69) is 0 Å². The number of aliphatic hydroxyl groups is 1. The molecule has 1 unspecified atom stereocenters. The third-order valence-corrected chi connectivity index (χ3v) is 2.99. The Morgan fingerprint density at radius 2 is 1.68 bits per heavy atom. The molecule has 0 fully saturated rings. The van der Waals surface area contributed by atoms with Gasteiger partial charge in [0.25, 0.3) is 0 Å². The molecule has 0 spiro atoms. The summed E-state index contributed by atoms with van der Waals surface area (Å²) >= 11 is 0. The molecule has 0 aliphatic carbocycles. The number of aryl methyl sites for hydroxylation is 1. The lowest BCUT2D eigenvalue weighted by Crippen LogP contribution is -2.07. The van der Waals surface area contributed by atoms with Gasteiger partial charge in [-0.15, -0.1) is 0 Å². The smallest absolute Gasteiger partial charge is 0.135 e. The second-order valence-electron chi connectivity index (χ2n) is 4.28. The van der Waals surface area contributed by atoms with Gasteiger partial charge in [-0.25, -0.2) is 13.2 Å². The molecular weight excluding hydrogens is 253 g/mol. The monoisotopic (exact) mass is 266 g/mol. The van der Waals surface area contributed by atoms with Crippen molar-refractivity contribution in [1.29, 1.82) is 0 Å².